The molecule has 2 unspecified atom stereocenters. The lowest BCUT2D eigenvalue weighted by atomic mass is 9.72. The van der Waals surface area contributed by atoms with Crippen LogP contribution in [0.2, 0.25) is 0 Å². The number of rotatable bonds is 6. The number of allylic oxidation sites excluding steroid dienone is 4. The van der Waals surface area contributed by atoms with Crippen LogP contribution in [-0.2, 0) is 11.4 Å². The molecular weight excluding hydrogens is 576 g/mol. The fraction of sp³-hybridized carbons (Fsp3) is 0.200. The number of hydrogen-bond acceptors (Lipinski definition) is 5. The Morgan fingerprint density at radius 1 is 0.951 bits per heavy atom. The Morgan fingerprint density at radius 3 is 2.46 bits per heavy atom. The van der Waals surface area contributed by atoms with Crippen LogP contribution in [0.5, 0.6) is 11.5 Å². The number of nitrogens with zero attached hydrogens (tertiary/aromatic N) is 1. The van der Waals surface area contributed by atoms with E-state index in [9.17, 15) is 10.1 Å². The van der Waals surface area contributed by atoms with Gasteiger partial charge in [0.2, 0.25) is 0 Å². The Morgan fingerprint density at radius 2 is 1.71 bits per heavy atom. The third-order valence-corrected chi connectivity index (χ3v) is 8.59. The second-order valence-corrected chi connectivity index (χ2v) is 11.4. The molecule has 0 saturated carbocycles. The Hall–Kier alpha value is -4.34. The zero-order valence-electron chi connectivity index (χ0n) is 22.9. The first kappa shape index (κ1) is 26.9. The zero-order valence-corrected chi connectivity index (χ0v) is 24.5. The lowest BCUT2D eigenvalue weighted by Gasteiger charge is -2.36. The molecule has 0 saturated heterocycles. The summed E-state index contributed by atoms with van der Waals surface area (Å²) in [6, 6.07) is 30.9. The molecule has 0 fully saturated rings. The molecule has 0 radical (unpaired) electrons. The van der Waals surface area contributed by atoms with Gasteiger partial charge < -0.3 is 14.8 Å². The van der Waals surface area contributed by atoms with Gasteiger partial charge in [-0.05, 0) is 80.9 Å². The van der Waals surface area contributed by atoms with E-state index < -0.39 is 5.92 Å². The van der Waals surface area contributed by atoms with Crippen LogP contribution in [0.4, 0.5) is 0 Å². The molecular formula is C35H29BrN2O3. The van der Waals surface area contributed by atoms with Crippen molar-refractivity contribution in [2.75, 3.05) is 7.11 Å². The van der Waals surface area contributed by atoms with Gasteiger partial charge in [0.05, 0.1) is 29.1 Å². The standard InChI is InChI=1S/C35H29BrN2O3/c1-21-28(19-37)33(34-30(38-21)16-26(17-31(34)39)23-8-4-3-5-9-23)27-15-29(36)35(32(18-27)40-2)41-20-22-12-13-24-10-6-7-11-25(24)14-22/h3-15,18,26,33,38H,16-17,20H2,1-2H3. The van der Waals surface area contributed by atoms with Crippen molar-refractivity contribution in [3.8, 4) is 17.6 Å². The van der Waals surface area contributed by atoms with Crippen molar-refractivity contribution in [1.82, 2.24) is 5.32 Å². The molecule has 204 valence electrons. The predicted molar refractivity (Wildman–Crippen MR) is 164 cm³/mol. The molecule has 0 bridgehead atoms. The molecule has 0 amide bonds. The maximum Gasteiger partial charge on any atom is 0.175 e. The van der Waals surface area contributed by atoms with Crippen LogP contribution in [0.3, 0.4) is 0 Å². The summed E-state index contributed by atoms with van der Waals surface area (Å²) in [7, 11) is 1.60. The number of ketones is 1. The molecule has 0 spiro atoms. The summed E-state index contributed by atoms with van der Waals surface area (Å²) in [6.07, 6.45) is 1.12. The number of ether oxygens (including phenoxy) is 2. The quantitative estimate of drug-likeness (QED) is 0.241. The van der Waals surface area contributed by atoms with Gasteiger partial charge in [-0.1, -0.05) is 66.7 Å². The number of hydrogen-bond donors (Lipinski definition) is 1. The Bertz CT molecular complexity index is 1770. The van der Waals surface area contributed by atoms with Gasteiger partial charge in [0, 0.05) is 23.4 Å². The molecule has 4 aromatic rings. The minimum Gasteiger partial charge on any atom is -0.493 e. The van der Waals surface area contributed by atoms with Gasteiger partial charge in [-0.3, -0.25) is 4.79 Å². The third-order valence-electron chi connectivity index (χ3n) is 8.00. The number of benzene rings is 4. The van der Waals surface area contributed by atoms with E-state index in [0.717, 1.165) is 33.5 Å². The fourth-order valence-corrected chi connectivity index (χ4v) is 6.59. The summed E-state index contributed by atoms with van der Waals surface area (Å²) in [6.45, 7) is 2.27. The van der Waals surface area contributed by atoms with E-state index >= 15 is 0 Å². The van der Waals surface area contributed by atoms with Gasteiger partial charge >= 0.3 is 0 Å². The molecule has 5 nitrogen and oxygen atoms in total. The first-order valence-electron chi connectivity index (χ1n) is 13.6. The number of fused-ring (bicyclic) bond motifs is 1. The van der Waals surface area contributed by atoms with Crippen LogP contribution in [0.25, 0.3) is 10.8 Å². The molecule has 4 aromatic carbocycles. The van der Waals surface area contributed by atoms with Crippen LogP contribution in [-0.4, -0.2) is 12.9 Å². The summed E-state index contributed by atoms with van der Waals surface area (Å²) in [4.78, 5) is 13.7. The van der Waals surface area contributed by atoms with Crippen molar-refractivity contribution in [3.63, 3.8) is 0 Å². The summed E-state index contributed by atoms with van der Waals surface area (Å²) >= 11 is 3.70. The van der Waals surface area contributed by atoms with Crippen molar-refractivity contribution in [3.05, 3.63) is 129 Å². The SMILES string of the molecule is COc1cc(C2C(C#N)=C(C)NC3=C2C(=O)CC(c2ccccc2)C3)cc(Br)c1OCc1ccc2ccccc2c1. The van der Waals surface area contributed by atoms with E-state index in [4.69, 9.17) is 9.47 Å². The Labute approximate surface area is 248 Å². The van der Waals surface area contributed by atoms with Crippen LogP contribution in [0.1, 0.15) is 48.3 Å². The Kier molecular flexibility index (Phi) is 7.38. The van der Waals surface area contributed by atoms with Gasteiger partial charge in [0.15, 0.2) is 17.3 Å². The molecule has 6 heteroatoms. The lowest BCUT2D eigenvalue weighted by Crippen LogP contribution is -2.33. The van der Waals surface area contributed by atoms with Gasteiger partial charge in [0.25, 0.3) is 0 Å². The number of carbonyl (C=O) groups is 1. The molecule has 6 rings (SSSR count). The van der Waals surface area contributed by atoms with E-state index in [1.807, 2.05) is 49.4 Å². The number of halogens is 1. The third kappa shape index (κ3) is 5.14. The van der Waals surface area contributed by atoms with Crippen LogP contribution in [0.15, 0.2) is 112 Å². The average molecular weight is 606 g/mol. The molecule has 1 N–H and O–H groups in total. The van der Waals surface area contributed by atoms with Crippen molar-refractivity contribution >= 4 is 32.5 Å². The summed E-state index contributed by atoms with van der Waals surface area (Å²) in [5, 5.41) is 15.9. The lowest BCUT2D eigenvalue weighted by molar-refractivity contribution is -0.116. The van der Waals surface area contributed by atoms with E-state index in [1.54, 1.807) is 7.11 Å². The van der Waals surface area contributed by atoms with Crippen molar-refractivity contribution in [2.24, 2.45) is 0 Å². The topological polar surface area (TPSA) is 71.3 Å². The van der Waals surface area contributed by atoms with Gasteiger partial charge in [-0.15, -0.1) is 0 Å². The fourth-order valence-electron chi connectivity index (χ4n) is 6.01. The van der Waals surface area contributed by atoms with Gasteiger partial charge in [-0.2, -0.15) is 5.26 Å². The molecule has 2 aliphatic rings. The number of Topliss-reactive ketones (excluding diaryl/α,β-unsaturated/α-hetero) is 1. The minimum absolute atomic E-state index is 0.0598. The van der Waals surface area contributed by atoms with Crippen molar-refractivity contribution < 1.29 is 14.3 Å². The normalized spacial score (nSPS) is 18.5. The first-order valence-corrected chi connectivity index (χ1v) is 14.4. The number of carbonyl (C=O) groups excluding carboxylic acids is 1. The molecule has 0 aromatic heterocycles. The first-order chi connectivity index (χ1) is 20.0. The number of nitriles is 1. The largest absolute Gasteiger partial charge is 0.493 e. The maximum atomic E-state index is 13.7. The number of dihydropyridines is 1. The maximum absolute atomic E-state index is 13.7. The van der Waals surface area contributed by atoms with Crippen molar-refractivity contribution in [1.29, 1.82) is 5.26 Å². The van der Waals surface area contributed by atoms with Crippen LogP contribution >= 0.6 is 15.9 Å². The molecule has 41 heavy (non-hydrogen) atoms. The second kappa shape index (κ2) is 11.3. The monoisotopic (exact) mass is 604 g/mol. The van der Waals surface area contributed by atoms with E-state index in [0.29, 0.717) is 46.6 Å². The molecule has 1 heterocycles. The summed E-state index contributed by atoms with van der Waals surface area (Å²) in [5.74, 6) is 0.783. The van der Waals surface area contributed by atoms with E-state index in [2.05, 4.69) is 69.8 Å². The number of methoxy groups -OCH3 is 1. The number of nitrogens with one attached hydrogen (secondary N) is 1. The highest BCUT2D eigenvalue weighted by Gasteiger charge is 2.39. The van der Waals surface area contributed by atoms with Gasteiger partial charge in [-0.25, -0.2) is 0 Å². The molecule has 2 atom stereocenters. The Balaban J connectivity index is 1.34. The smallest absolute Gasteiger partial charge is 0.175 e. The predicted octanol–water partition coefficient (Wildman–Crippen LogP) is 8.08. The molecule has 1 aliphatic carbocycles. The van der Waals surface area contributed by atoms with Crippen LogP contribution < -0.4 is 14.8 Å². The average Bonchev–Trinajstić information content (AvgIpc) is 2.99. The summed E-state index contributed by atoms with van der Waals surface area (Å²) in [5.41, 5.74) is 5.86. The van der Waals surface area contributed by atoms with Crippen LogP contribution in [0, 0.1) is 11.3 Å². The highest BCUT2D eigenvalue weighted by molar-refractivity contribution is 9.10. The van der Waals surface area contributed by atoms with Gasteiger partial charge in [0.1, 0.15) is 6.61 Å². The molecule has 1 aliphatic heterocycles. The van der Waals surface area contributed by atoms with E-state index in [1.165, 1.54) is 5.39 Å². The summed E-state index contributed by atoms with van der Waals surface area (Å²) < 4.78 is 12.7. The van der Waals surface area contributed by atoms with E-state index in [-0.39, 0.29) is 11.7 Å². The van der Waals surface area contributed by atoms with Crippen molar-refractivity contribution in [2.45, 2.75) is 38.2 Å². The highest BCUT2D eigenvalue weighted by atomic mass is 79.9. The second-order valence-electron chi connectivity index (χ2n) is 10.5. The minimum atomic E-state index is -0.486. The highest BCUT2D eigenvalue weighted by Crippen LogP contribution is 2.48. The zero-order chi connectivity index (χ0) is 28.5.